The Balaban J connectivity index is 2.11. The Hall–Kier alpha value is -2.83. The summed E-state index contributed by atoms with van der Waals surface area (Å²) in [5.74, 6) is -1.07. The number of alkyl halides is 3. The predicted molar refractivity (Wildman–Crippen MR) is 72.9 cm³/mol. The molecule has 0 saturated heterocycles. The number of benzene rings is 2. The summed E-state index contributed by atoms with van der Waals surface area (Å²) in [6, 6.07) is 10.8. The maximum absolute atomic E-state index is 12.1. The summed E-state index contributed by atoms with van der Waals surface area (Å²) >= 11 is 0. The molecule has 2 aromatic rings. The van der Waals surface area contributed by atoms with E-state index in [1.165, 1.54) is 36.4 Å². The maximum Gasteiger partial charge on any atom is 0.573 e. The van der Waals surface area contributed by atoms with Crippen LogP contribution in [-0.2, 0) is 0 Å². The Bertz CT molecular complexity index is 681. The Morgan fingerprint density at radius 1 is 1.09 bits per heavy atom. The van der Waals surface area contributed by atoms with E-state index in [9.17, 15) is 22.8 Å². The predicted octanol–water partition coefficient (Wildman–Crippen LogP) is 3.65. The van der Waals surface area contributed by atoms with Gasteiger partial charge < -0.3 is 10.1 Å². The number of amides is 1. The molecule has 1 amide bonds. The van der Waals surface area contributed by atoms with Crippen molar-refractivity contribution in [3.63, 3.8) is 0 Å². The van der Waals surface area contributed by atoms with Gasteiger partial charge in [-0.15, -0.1) is 13.2 Å². The van der Waals surface area contributed by atoms with E-state index in [2.05, 4.69) is 10.1 Å². The Labute approximate surface area is 123 Å². The van der Waals surface area contributed by atoms with Gasteiger partial charge >= 0.3 is 6.36 Å². The summed E-state index contributed by atoms with van der Waals surface area (Å²) in [5.41, 5.74) is 0.873. The van der Waals surface area contributed by atoms with E-state index in [-0.39, 0.29) is 5.56 Å². The lowest BCUT2D eigenvalue weighted by Crippen LogP contribution is -2.18. The van der Waals surface area contributed by atoms with Crippen LogP contribution in [0.15, 0.2) is 48.5 Å². The van der Waals surface area contributed by atoms with Gasteiger partial charge in [0.2, 0.25) is 0 Å². The number of rotatable bonds is 4. The topological polar surface area (TPSA) is 55.4 Å². The molecule has 0 bridgehead atoms. The third kappa shape index (κ3) is 4.34. The molecule has 0 atom stereocenters. The second-order valence-corrected chi connectivity index (χ2v) is 4.27. The van der Waals surface area contributed by atoms with Crippen molar-refractivity contribution in [2.45, 2.75) is 6.36 Å². The summed E-state index contributed by atoms with van der Waals surface area (Å²) in [6.45, 7) is 0. The van der Waals surface area contributed by atoms with Gasteiger partial charge in [0, 0.05) is 16.8 Å². The summed E-state index contributed by atoms with van der Waals surface area (Å²) in [6.07, 6.45) is -4.16. The zero-order valence-electron chi connectivity index (χ0n) is 11.1. The summed E-state index contributed by atoms with van der Waals surface area (Å²) < 4.78 is 40.2. The zero-order valence-corrected chi connectivity index (χ0v) is 11.1. The van der Waals surface area contributed by atoms with Crippen LogP contribution < -0.4 is 10.1 Å². The van der Waals surface area contributed by atoms with Gasteiger partial charge in [-0.25, -0.2) is 0 Å². The minimum Gasteiger partial charge on any atom is -0.406 e. The van der Waals surface area contributed by atoms with Gasteiger partial charge in [-0.3, -0.25) is 9.59 Å². The first-order valence-corrected chi connectivity index (χ1v) is 6.10. The number of halogens is 3. The van der Waals surface area contributed by atoms with Gasteiger partial charge in [0.05, 0.1) is 0 Å². The fraction of sp³-hybridized carbons (Fsp3) is 0.0667. The van der Waals surface area contributed by atoms with Crippen molar-refractivity contribution in [2.75, 3.05) is 5.32 Å². The molecule has 0 aromatic heterocycles. The molecule has 1 N–H and O–H groups in total. The van der Waals surface area contributed by atoms with Gasteiger partial charge in [0.1, 0.15) is 12.0 Å². The monoisotopic (exact) mass is 309 g/mol. The maximum atomic E-state index is 12.1. The third-order valence-corrected chi connectivity index (χ3v) is 2.63. The zero-order chi connectivity index (χ0) is 16.2. The average Bonchev–Trinajstić information content (AvgIpc) is 2.46. The molecule has 2 rings (SSSR count). The molecule has 114 valence electrons. The lowest BCUT2D eigenvalue weighted by molar-refractivity contribution is -0.274. The molecule has 2 aromatic carbocycles. The third-order valence-electron chi connectivity index (χ3n) is 2.63. The molecule has 0 aliphatic rings. The number of anilines is 1. The van der Waals surface area contributed by atoms with Crippen molar-refractivity contribution in [3.8, 4) is 5.75 Å². The molecule has 7 heteroatoms. The van der Waals surface area contributed by atoms with E-state index in [1.54, 1.807) is 0 Å². The largest absolute Gasteiger partial charge is 0.573 e. The standard InChI is InChI=1S/C15H10F3NO3/c16-15(17,18)22-13-3-1-2-11(8-13)14(21)19-12-6-4-10(9-20)5-7-12/h1-9H,(H,19,21). The highest BCUT2D eigenvalue weighted by atomic mass is 19.4. The molecule has 0 spiro atoms. The van der Waals surface area contributed by atoms with Crippen molar-refractivity contribution in [2.24, 2.45) is 0 Å². The number of hydrogen-bond donors (Lipinski definition) is 1. The van der Waals surface area contributed by atoms with E-state index >= 15 is 0 Å². The minimum absolute atomic E-state index is 0.0150. The fourth-order valence-corrected chi connectivity index (χ4v) is 1.68. The molecule has 0 unspecified atom stereocenters. The number of carbonyl (C=O) groups is 2. The van der Waals surface area contributed by atoms with Crippen molar-refractivity contribution in [1.29, 1.82) is 0 Å². The van der Waals surface area contributed by atoms with Crippen LogP contribution in [0, 0.1) is 0 Å². The molecule has 0 radical (unpaired) electrons. The smallest absolute Gasteiger partial charge is 0.406 e. The van der Waals surface area contributed by atoms with E-state index in [4.69, 9.17) is 0 Å². The van der Waals surface area contributed by atoms with Crippen LogP contribution in [0.4, 0.5) is 18.9 Å². The highest BCUT2D eigenvalue weighted by Crippen LogP contribution is 2.23. The van der Waals surface area contributed by atoms with Crippen molar-refractivity contribution in [3.05, 3.63) is 59.7 Å². The van der Waals surface area contributed by atoms with E-state index in [0.29, 0.717) is 17.5 Å². The Kier molecular flexibility index (Phi) is 4.45. The van der Waals surface area contributed by atoms with Crippen molar-refractivity contribution >= 4 is 17.9 Å². The van der Waals surface area contributed by atoms with E-state index in [0.717, 1.165) is 12.1 Å². The van der Waals surface area contributed by atoms with Crippen LogP contribution in [0.2, 0.25) is 0 Å². The Morgan fingerprint density at radius 3 is 2.36 bits per heavy atom. The molecular weight excluding hydrogens is 299 g/mol. The summed E-state index contributed by atoms with van der Waals surface area (Å²) in [4.78, 5) is 22.5. The molecule has 0 saturated carbocycles. The molecular formula is C15H10F3NO3. The lowest BCUT2D eigenvalue weighted by Gasteiger charge is -2.10. The number of ether oxygens (including phenoxy) is 1. The van der Waals surface area contributed by atoms with E-state index in [1.807, 2.05) is 0 Å². The van der Waals surface area contributed by atoms with Crippen LogP contribution in [0.3, 0.4) is 0 Å². The van der Waals surface area contributed by atoms with Crippen LogP contribution in [0.1, 0.15) is 20.7 Å². The second kappa shape index (κ2) is 6.30. The Morgan fingerprint density at radius 2 is 1.77 bits per heavy atom. The second-order valence-electron chi connectivity index (χ2n) is 4.27. The molecule has 0 heterocycles. The normalized spacial score (nSPS) is 10.9. The van der Waals surface area contributed by atoms with Gasteiger partial charge in [0.25, 0.3) is 5.91 Å². The molecule has 0 fully saturated rings. The summed E-state index contributed by atoms with van der Waals surface area (Å²) in [5, 5.41) is 2.51. The average molecular weight is 309 g/mol. The number of aldehydes is 1. The van der Waals surface area contributed by atoms with Crippen LogP contribution in [-0.4, -0.2) is 18.6 Å². The highest BCUT2D eigenvalue weighted by molar-refractivity contribution is 6.04. The first-order chi connectivity index (χ1) is 10.4. The molecule has 22 heavy (non-hydrogen) atoms. The molecule has 0 aliphatic carbocycles. The first kappa shape index (κ1) is 15.6. The van der Waals surface area contributed by atoms with Gasteiger partial charge in [-0.1, -0.05) is 6.07 Å². The highest BCUT2D eigenvalue weighted by Gasteiger charge is 2.31. The van der Waals surface area contributed by atoms with Gasteiger partial charge in [-0.2, -0.15) is 0 Å². The fourth-order valence-electron chi connectivity index (χ4n) is 1.68. The number of nitrogens with one attached hydrogen (secondary N) is 1. The van der Waals surface area contributed by atoms with Gasteiger partial charge in [-0.05, 0) is 42.5 Å². The quantitative estimate of drug-likeness (QED) is 0.877. The number of carbonyl (C=O) groups excluding carboxylic acids is 2. The summed E-state index contributed by atoms with van der Waals surface area (Å²) in [7, 11) is 0. The number of hydrogen-bond acceptors (Lipinski definition) is 3. The van der Waals surface area contributed by atoms with Crippen LogP contribution >= 0.6 is 0 Å². The van der Waals surface area contributed by atoms with Crippen LogP contribution in [0.25, 0.3) is 0 Å². The van der Waals surface area contributed by atoms with Gasteiger partial charge in [0.15, 0.2) is 0 Å². The van der Waals surface area contributed by atoms with E-state index < -0.39 is 18.0 Å². The van der Waals surface area contributed by atoms with Crippen LogP contribution in [0.5, 0.6) is 5.75 Å². The molecule has 0 aliphatic heterocycles. The van der Waals surface area contributed by atoms with Crippen molar-refractivity contribution < 1.29 is 27.5 Å². The molecule has 4 nitrogen and oxygen atoms in total. The lowest BCUT2D eigenvalue weighted by atomic mass is 10.2. The van der Waals surface area contributed by atoms with Crippen molar-refractivity contribution in [1.82, 2.24) is 0 Å². The minimum atomic E-state index is -4.82. The first-order valence-electron chi connectivity index (χ1n) is 6.10. The SMILES string of the molecule is O=Cc1ccc(NC(=O)c2cccc(OC(F)(F)F)c2)cc1.